The van der Waals surface area contributed by atoms with Crippen LogP contribution in [0.2, 0.25) is 0 Å². The van der Waals surface area contributed by atoms with Crippen molar-refractivity contribution in [2.24, 2.45) is 0 Å². The standard InChI is InChI=1S/C11H20N2S2/c1-11(2,3)15-8-9(12-4)7-10-13-5-6-14-10/h5-6,9,12H,7-8H2,1-4H3. The van der Waals surface area contributed by atoms with Gasteiger partial charge in [0.15, 0.2) is 0 Å². The second kappa shape index (κ2) is 5.87. The van der Waals surface area contributed by atoms with E-state index in [4.69, 9.17) is 0 Å². The summed E-state index contributed by atoms with van der Waals surface area (Å²) in [6.45, 7) is 6.77. The zero-order valence-electron chi connectivity index (χ0n) is 9.91. The van der Waals surface area contributed by atoms with Gasteiger partial charge in [0.25, 0.3) is 0 Å². The highest BCUT2D eigenvalue weighted by molar-refractivity contribution is 8.00. The van der Waals surface area contributed by atoms with Crippen LogP contribution in [0, 0.1) is 0 Å². The van der Waals surface area contributed by atoms with Gasteiger partial charge in [-0.05, 0) is 7.05 Å². The average Bonchev–Trinajstić information content (AvgIpc) is 2.63. The third-order valence-electron chi connectivity index (χ3n) is 2.03. The third kappa shape index (κ3) is 5.54. The molecule has 0 aliphatic carbocycles. The predicted octanol–water partition coefficient (Wildman–Crippen LogP) is 2.81. The minimum Gasteiger partial charge on any atom is -0.316 e. The zero-order valence-corrected chi connectivity index (χ0v) is 11.5. The minimum absolute atomic E-state index is 0.345. The van der Waals surface area contributed by atoms with E-state index < -0.39 is 0 Å². The molecule has 0 saturated heterocycles. The molecule has 0 bridgehead atoms. The van der Waals surface area contributed by atoms with E-state index in [9.17, 15) is 0 Å². The van der Waals surface area contributed by atoms with E-state index in [1.807, 2.05) is 30.4 Å². The number of nitrogens with zero attached hydrogens (tertiary/aromatic N) is 1. The van der Waals surface area contributed by atoms with Crippen LogP contribution in [0.5, 0.6) is 0 Å². The first-order chi connectivity index (χ1) is 7.01. The summed E-state index contributed by atoms with van der Waals surface area (Å²) in [5, 5.41) is 6.63. The maximum Gasteiger partial charge on any atom is 0.0940 e. The van der Waals surface area contributed by atoms with Crippen LogP contribution in [-0.4, -0.2) is 28.6 Å². The smallest absolute Gasteiger partial charge is 0.0940 e. The number of nitrogens with one attached hydrogen (secondary N) is 1. The molecule has 1 aromatic rings. The van der Waals surface area contributed by atoms with Crippen molar-refractivity contribution in [1.82, 2.24) is 10.3 Å². The Morgan fingerprint density at radius 2 is 2.27 bits per heavy atom. The largest absolute Gasteiger partial charge is 0.316 e. The van der Waals surface area contributed by atoms with Gasteiger partial charge in [0.05, 0.1) is 5.01 Å². The number of rotatable bonds is 5. The Hall–Kier alpha value is -0.0600. The van der Waals surface area contributed by atoms with Crippen molar-refractivity contribution in [3.8, 4) is 0 Å². The molecule has 1 rings (SSSR count). The Morgan fingerprint density at radius 1 is 1.53 bits per heavy atom. The van der Waals surface area contributed by atoms with E-state index in [0.717, 1.165) is 12.2 Å². The molecule has 0 aliphatic heterocycles. The molecule has 0 radical (unpaired) electrons. The second-order valence-corrected chi connectivity index (χ2v) is 7.36. The lowest BCUT2D eigenvalue weighted by molar-refractivity contribution is 0.612. The van der Waals surface area contributed by atoms with E-state index in [-0.39, 0.29) is 0 Å². The molecule has 0 fully saturated rings. The van der Waals surface area contributed by atoms with Gasteiger partial charge in [-0.25, -0.2) is 4.98 Å². The van der Waals surface area contributed by atoms with Crippen molar-refractivity contribution < 1.29 is 0 Å². The number of thiazole rings is 1. The van der Waals surface area contributed by atoms with Gasteiger partial charge in [-0.1, -0.05) is 20.8 Å². The molecule has 1 heterocycles. The fourth-order valence-electron chi connectivity index (χ4n) is 1.16. The van der Waals surface area contributed by atoms with Gasteiger partial charge in [-0.15, -0.1) is 11.3 Å². The first-order valence-electron chi connectivity index (χ1n) is 5.21. The first-order valence-corrected chi connectivity index (χ1v) is 7.07. The summed E-state index contributed by atoms with van der Waals surface area (Å²) in [4.78, 5) is 4.32. The molecular formula is C11H20N2S2. The van der Waals surface area contributed by atoms with Crippen molar-refractivity contribution in [3.63, 3.8) is 0 Å². The van der Waals surface area contributed by atoms with Gasteiger partial charge < -0.3 is 5.32 Å². The van der Waals surface area contributed by atoms with Crippen LogP contribution in [0.1, 0.15) is 25.8 Å². The van der Waals surface area contributed by atoms with Gasteiger partial charge in [-0.2, -0.15) is 11.8 Å². The van der Waals surface area contributed by atoms with Gasteiger partial charge in [0.1, 0.15) is 0 Å². The fraction of sp³-hybridized carbons (Fsp3) is 0.727. The van der Waals surface area contributed by atoms with E-state index in [2.05, 4.69) is 31.1 Å². The molecule has 2 nitrogen and oxygen atoms in total. The molecular weight excluding hydrogens is 224 g/mol. The summed E-state index contributed by atoms with van der Waals surface area (Å²) in [6.07, 6.45) is 2.92. The van der Waals surface area contributed by atoms with E-state index in [1.165, 1.54) is 5.01 Å². The number of aromatic nitrogens is 1. The Balaban J connectivity index is 2.36. The van der Waals surface area contributed by atoms with Crippen molar-refractivity contribution in [1.29, 1.82) is 0 Å². The summed E-state index contributed by atoms with van der Waals surface area (Å²) in [7, 11) is 2.03. The molecule has 1 unspecified atom stereocenters. The maximum absolute atomic E-state index is 4.32. The summed E-state index contributed by atoms with van der Waals surface area (Å²) >= 11 is 3.74. The number of hydrogen-bond acceptors (Lipinski definition) is 4. The molecule has 1 aromatic heterocycles. The zero-order chi connectivity index (χ0) is 11.3. The first kappa shape index (κ1) is 13.0. The topological polar surface area (TPSA) is 24.9 Å². The van der Waals surface area contributed by atoms with Crippen LogP contribution in [0.3, 0.4) is 0 Å². The normalized spacial score (nSPS) is 14.1. The molecule has 0 aromatic carbocycles. The minimum atomic E-state index is 0.345. The summed E-state index contributed by atoms with van der Waals surface area (Å²) < 4.78 is 0.345. The monoisotopic (exact) mass is 244 g/mol. The number of hydrogen-bond donors (Lipinski definition) is 1. The van der Waals surface area contributed by atoms with Crippen LogP contribution in [0.4, 0.5) is 0 Å². The highest BCUT2D eigenvalue weighted by Crippen LogP contribution is 2.24. The molecule has 0 saturated carbocycles. The van der Waals surface area contributed by atoms with Crippen molar-refractivity contribution in [3.05, 3.63) is 16.6 Å². The molecule has 86 valence electrons. The lowest BCUT2D eigenvalue weighted by Gasteiger charge is -2.22. The Bertz CT molecular complexity index is 265. The van der Waals surface area contributed by atoms with Crippen LogP contribution < -0.4 is 5.32 Å². The Labute approximate surface area is 101 Å². The van der Waals surface area contributed by atoms with Gasteiger partial charge in [0.2, 0.25) is 0 Å². The van der Waals surface area contributed by atoms with Crippen LogP contribution in [0.25, 0.3) is 0 Å². The number of likely N-dealkylation sites (N-methyl/N-ethyl adjacent to an activating group) is 1. The lowest BCUT2D eigenvalue weighted by Crippen LogP contribution is -2.31. The summed E-state index contributed by atoms with van der Waals surface area (Å²) in [5.41, 5.74) is 0. The van der Waals surface area contributed by atoms with Crippen molar-refractivity contribution in [2.45, 2.75) is 38.0 Å². The lowest BCUT2D eigenvalue weighted by atomic mass is 10.2. The third-order valence-corrected chi connectivity index (χ3v) is 4.27. The molecule has 4 heteroatoms. The average molecular weight is 244 g/mol. The predicted molar refractivity (Wildman–Crippen MR) is 70.9 cm³/mol. The van der Waals surface area contributed by atoms with Crippen LogP contribution >= 0.6 is 23.1 Å². The molecule has 1 atom stereocenters. The SMILES string of the molecule is CNC(CSC(C)(C)C)Cc1nccs1. The van der Waals surface area contributed by atoms with E-state index in [0.29, 0.717) is 10.8 Å². The molecule has 15 heavy (non-hydrogen) atoms. The molecule has 0 aliphatic rings. The van der Waals surface area contributed by atoms with Gasteiger partial charge in [-0.3, -0.25) is 0 Å². The molecule has 0 amide bonds. The van der Waals surface area contributed by atoms with E-state index >= 15 is 0 Å². The Kier molecular flexibility index (Phi) is 5.09. The quantitative estimate of drug-likeness (QED) is 0.862. The van der Waals surface area contributed by atoms with Crippen LogP contribution in [-0.2, 0) is 6.42 Å². The second-order valence-electron chi connectivity index (χ2n) is 4.54. The molecule has 0 spiro atoms. The van der Waals surface area contributed by atoms with Crippen molar-refractivity contribution >= 4 is 23.1 Å². The highest BCUT2D eigenvalue weighted by Gasteiger charge is 2.15. The summed E-state index contributed by atoms with van der Waals surface area (Å²) in [6, 6.07) is 0.528. The fourth-order valence-corrected chi connectivity index (χ4v) is 2.84. The maximum atomic E-state index is 4.32. The van der Waals surface area contributed by atoms with Gasteiger partial charge in [0, 0.05) is 34.5 Å². The Morgan fingerprint density at radius 3 is 2.73 bits per heavy atom. The van der Waals surface area contributed by atoms with E-state index in [1.54, 1.807) is 11.3 Å². The highest BCUT2D eigenvalue weighted by atomic mass is 32.2. The van der Waals surface area contributed by atoms with Gasteiger partial charge >= 0.3 is 0 Å². The molecule has 1 N–H and O–H groups in total. The van der Waals surface area contributed by atoms with Crippen molar-refractivity contribution in [2.75, 3.05) is 12.8 Å². The van der Waals surface area contributed by atoms with Crippen LogP contribution in [0.15, 0.2) is 11.6 Å². The summed E-state index contributed by atoms with van der Waals surface area (Å²) in [5.74, 6) is 1.14. The number of thioether (sulfide) groups is 1.